The zero-order chi connectivity index (χ0) is 13.3. The number of hydrogen-bond acceptors (Lipinski definition) is 2. The van der Waals surface area contributed by atoms with Crippen LogP contribution in [0.3, 0.4) is 0 Å². The van der Waals surface area contributed by atoms with Crippen LogP contribution < -0.4 is 0 Å². The Labute approximate surface area is 103 Å². The summed E-state index contributed by atoms with van der Waals surface area (Å²) in [6.07, 6.45) is 0.264. The van der Waals surface area contributed by atoms with Gasteiger partial charge in [0.15, 0.2) is 6.17 Å². The smallest absolute Gasteiger partial charge is 0.281 e. The zero-order valence-corrected chi connectivity index (χ0v) is 10.5. The van der Waals surface area contributed by atoms with Gasteiger partial charge in [-0.25, -0.2) is 4.39 Å². The Kier molecular flexibility index (Phi) is 2.42. The minimum absolute atomic E-state index is 0.149. The first kappa shape index (κ1) is 12.7. The molecule has 0 aromatic rings. The lowest BCUT2D eigenvalue weighted by molar-refractivity contribution is -0.0812. The van der Waals surface area contributed by atoms with Crippen LogP contribution in [0.5, 0.6) is 0 Å². The second-order valence-corrected chi connectivity index (χ2v) is 7.67. The van der Waals surface area contributed by atoms with Gasteiger partial charge in [0, 0.05) is 5.41 Å². The van der Waals surface area contributed by atoms with Gasteiger partial charge < -0.3 is 0 Å². The van der Waals surface area contributed by atoms with Crippen LogP contribution in [-0.2, 0) is 10.1 Å². The van der Waals surface area contributed by atoms with Crippen LogP contribution in [0.4, 0.5) is 13.2 Å². The van der Waals surface area contributed by atoms with Crippen LogP contribution in [0, 0.1) is 23.2 Å². The molecule has 0 aromatic heterocycles. The lowest BCUT2D eigenvalue weighted by atomic mass is 9.72. The van der Waals surface area contributed by atoms with Crippen molar-refractivity contribution in [3.63, 3.8) is 0 Å². The molecule has 4 fully saturated rings. The molecule has 4 bridgehead atoms. The van der Waals surface area contributed by atoms with E-state index in [4.69, 9.17) is 4.55 Å². The third kappa shape index (κ3) is 1.43. The van der Waals surface area contributed by atoms with Crippen molar-refractivity contribution in [2.24, 2.45) is 23.2 Å². The predicted octanol–water partition coefficient (Wildman–Crippen LogP) is 2.63. The summed E-state index contributed by atoms with van der Waals surface area (Å²) in [5, 5.41) is -4.69. The quantitative estimate of drug-likeness (QED) is 0.811. The monoisotopic (exact) mass is 284 g/mol. The summed E-state index contributed by atoms with van der Waals surface area (Å²) >= 11 is 0. The Morgan fingerprint density at radius 3 is 2.11 bits per heavy atom. The lowest BCUT2D eigenvalue weighted by Gasteiger charge is -2.37. The van der Waals surface area contributed by atoms with Gasteiger partial charge in [-0.3, -0.25) is 4.55 Å². The van der Waals surface area contributed by atoms with E-state index in [1.807, 2.05) is 0 Å². The summed E-state index contributed by atoms with van der Waals surface area (Å²) in [5.74, 6) is 0.347. The van der Waals surface area contributed by atoms with Crippen LogP contribution in [0.25, 0.3) is 0 Å². The van der Waals surface area contributed by atoms with E-state index < -0.39 is 27.0 Å². The number of alkyl halides is 3. The second-order valence-electron chi connectivity index (χ2n) is 6.18. The number of rotatable bonds is 3. The highest BCUT2D eigenvalue weighted by Gasteiger charge is 2.69. The fourth-order valence-corrected chi connectivity index (χ4v) is 5.23. The first-order chi connectivity index (χ1) is 8.17. The molecule has 4 aliphatic rings. The molecular weight excluding hydrogens is 269 g/mol. The van der Waals surface area contributed by atoms with Gasteiger partial charge in [0.25, 0.3) is 0 Å². The summed E-state index contributed by atoms with van der Waals surface area (Å²) < 4.78 is 71.2. The molecule has 0 spiro atoms. The number of hydrogen-bond donors (Lipinski definition) is 1. The largest absolute Gasteiger partial charge is 0.400 e. The van der Waals surface area contributed by atoms with Crippen LogP contribution in [0.15, 0.2) is 0 Å². The third-order valence-electron chi connectivity index (χ3n) is 5.20. The Balaban J connectivity index is 1.97. The maximum Gasteiger partial charge on any atom is 0.400 e. The zero-order valence-electron chi connectivity index (χ0n) is 9.65. The van der Waals surface area contributed by atoms with Crippen LogP contribution in [0.2, 0.25) is 0 Å². The van der Waals surface area contributed by atoms with Crippen molar-refractivity contribution in [1.82, 2.24) is 0 Å². The highest BCUT2D eigenvalue weighted by Crippen LogP contribution is 2.68. The standard InChI is InChI=1S/C11H15F3O3S/c12-9(11(13,14)18(15,16)17)10-4-6-1-7(5-10)3-8(10)2-6/h6-9H,1-5H2,(H,15,16,17). The normalized spacial score (nSPS) is 44.6. The topological polar surface area (TPSA) is 54.4 Å². The van der Waals surface area contributed by atoms with Crippen molar-refractivity contribution in [2.75, 3.05) is 0 Å². The van der Waals surface area contributed by atoms with Crippen LogP contribution >= 0.6 is 0 Å². The molecule has 4 saturated carbocycles. The molecule has 0 saturated heterocycles. The molecular formula is C11H15F3O3S. The summed E-state index contributed by atoms with van der Waals surface area (Å²) in [5.41, 5.74) is -1.23. The Hall–Kier alpha value is -0.300. The van der Waals surface area contributed by atoms with Crippen molar-refractivity contribution in [2.45, 2.75) is 43.5 Å². The summed E-state index contributed by atoms with van der Waals surface area (Å²) in [6.45, 7) is 0. The molecule has 104 valence electrons. The second kappa shape index (κ2) is 3.42. The van der Waals surface area contributed by atoms with Crippen molar-refractivity contribution < 1.29 is 26.1 Å². The van der Waals surface area contributed by atoms with Gasteiger partial charge in [-0.2, -0.15) is 17.2 Å². The average molecular weight is 284 g/mol. The van der Waals surface area contributed by atoms with E-state index in [-0.39, 0.29) is 17.8 Å². The SMILES string of the molecule is O=S(=O)(O)C(F)(F)C(F)C12CC3CC(CC1C3)C2. The molecule has 7 heteroatoms. The van der Waals surface area contributed by atoms with E-state index in [9.17, 15) is 21.6 Å². The van der Waals surface area contributed by atoms with E-state index in [0.29, 0.717) is 12.8 Å². The van der Waals surface area contributed by atoms with Gasteiger partial charge in [0.05, 0.1) is 0 Å². The van der Waals surface area contributed by atoms with Gasteiger partial charge >= 0.3 is 15.4 Å². The predicted molar refractivity (Wildman–Crippen MR) is 57.4 cm³/mol. The molecule has 4 rings (SSSR count). The molecule has 3 nitrogen and oxygen atoms in total. The molecule has 3 atom stereocenters. The van der Waals surface area contributed by atoms with Gasteiger partial charge in [-0.05, 0) is 49.9 Å². The van der Waals surface area contributed by atoms with Gasteiger partial charge in [-0.15, -0.1) is 0 Å². The summed E-state index contributed by atoms with van der Waals surface area (Å²) in [7, 11) is -5.69. The fraction of sp³-hybridized carbons (Fsp3) is 1.00. The van der Waals surface area contributed by atoms with Gasteiger partial charge in [0.2, 0.25) is 0 Å². The first-order valence-corrected chi connectivity index (χ1v) is 7.60. The minimum atomic E-state index is -5.69. The highest BCUT2D eigenvalue weighted by molar-refractivity contribution is 7.86. The average Bonchev–Trinajstić information content (AvgIpc) is 2.62. The molecule has 0 aliphatic heterocycles. The highest BCUT2D eigenvalue weighted by atomic mass is 32.2. The Bertz CT molecular complexity index is 462. The Morgan fingerprint density at radius 2 is 1.67 bits per heavy atom. The van der Waals surface area contributed by atoms with Crippen LogP contribution in [0.1, 0.15) is 32.1 Å². The fourth-order valence-electron chi connectivity index (χ4n) is 4.74. The summed E-state index contributed by atoms with van der Waals surface area (Å²) in [6, 6.07) is 0. The van der Waals surface area contributed by atoms with E-state index in [2.05, 4.69) is 0 Å². The van der Waals surface area contributed by atoms with E-state index in [1.165, 1.54) is 0 Å². The van der Waals surface area contributed by atoms with Crippen molar-refractivity contribution in [3.8, 4) is 0 Å². The Morgan fingerprint density at radius 1 is 1.17 bits per heavy atom. The molecule has 4 aliphatic carbocycles. The minimum Gasteiger partial charge on any atom is -0.281 e. The van der Waals surface area contributed by atoms with Crippen molar-refractivity contribution in [3.05, 3.63) is 0 Å². The van der Waals surface area contributed by atoms with Gasteiger partial charge in [-0.1, -0.05) is 0 Å². The molecule has 18 heavy (non-hydrogen) atoms. The molecule has 0 heterocycles. The third-order valence-corrected chi connectivity index (χ3v) is 6.09. The molecule has 1 N–H and O–H groups in total. The van der Waals surface area contributed by atoms with Crippen molar-refractivity contribution >= 4 is 10.1 Å². The maximum absolute atomic E-state index is 14.2. The van der Waals surface area contributed by atoms with E-state index in [0.717, 1.165) is 19.3 Å². The molecule has 0 aromatic carbocycles. The molecule has 0 amide bonds. The molecule has 0 radical (unpaired) electrons. The lowest BCUT2D eigenvalue weighted by Crippen LogP contribution is -2.49. The van der Waals surface area contributed by atoms with E-state index >= 15 is 0 Å². The van der Waals surface area contributed by atoms with Gasteiger partial charge in [0.1, 0.15) is 0 Å². The molecule has 3 unspecified atom stereocenters. The van der Waals surface area contributed by atoms with E-state index in [1.54, 1.807) is 0 Å². The maximum atomic E-state index is 14.2. The first-order valence-electron chi connectivity index (χ1n) is 6.16. The van der Waals surface area contributed by atoms with Crippen molar-refractivity contribution in [1.29, 1.82) is 0 Å². The number of halogens is 3. The van der Waals surface area contributed by atoms with Crippen LogP contribution in [-0.4, -0.2) is 24.4 Å². The summed E-state index contributed by atoms with van der Waals surface area (Å²) in [4.78, 5) is 0.